The number of ether oxygens (including phenoxy) is 1. The predicted molar refractivity (Wildman–Crippen MR) is 118 cm³/mol. The molecule has 1 amide bonds. The van der Waals surface area contributed by atoms with E-state index in [1.807, 2.05) is 0 Å². The van der Waals surface area contributed by atoms with E-state index >= 15 is 0 Å². The second-order valence-electron chi connectivity index (χ2n) is 6.66. The van der Waals surface area contributed by atoms with E-state index in [0.29, 0.717) is 29.5 Å². The van der Waals surface area contributed by atoms with Crippen LogP contribution in [0.2, 0.25) is 10.0 Å². The standard InChI is InChI=1S/C20H21Cl2N3O4S/c21-16-8-5-9-17(20(16)22)29-13-19(26)24-14-6-4-7-15(12-14)30(27,28)25-18-10-2-1-3-11-23-18/h4-9,12H,1-3,10-11,13H2,(H,23,25)(H,24,26). The Morgan fingerprint density at radius 2 is 1.90 bits per heavy atom. The largest absolute Gasteiger partial charge is 0.482 e. The molecule has 0 bridgehead atoms. The first-order chi connectivity index (χ1) is 14.3. The van der Waals surface area contributed by atoms with Crippen LogP contribution in [-0.4, -0.2) is 33.3 Å². The van der Waals surface area contributed by atoms with Gasteiger partial charge in [0.15, 0.2) is 6.61 Å². The zero-order valence-corrected chi connectivity index (χ0v) is 18.4. The van der Waals surface area contributed by atoms with Gasteiger partial charge in [-0.05, 0) is 43.2 Å². The average molecular weight is 470 g/mol. The lowest BCUT2D eigenvalue weighted by Crippen LogP contribution is -2.30. The van der Waals surface area contributed by atoms with E-state index in [4.69, 9.17) is 27.9 Å². The third-order valence-corrected chi connectivity index (χ3v) is 6.51. The molecule has 0 saturated carbocycles. The predicted octanol–water partition coefficient (Wildman–Crippen LogP) is 4.26. The van der Waals surface area contributed by atoms with Crippen molar-refractivity contribution in [3.05, 3.63) is 52.5 Å². The number of sulfonamides is 1. The Kier molecular flexibility index (Phi) is 7.58. The van der Waals surface area contributed by atoms with Crippen LogP contribution in [0, 0.1) is 0 Å². The number of aliphatic imine (C=N–C) groups is 1. The molecule has 1 aliphatic heterocycles. The Hall–Kier alpha value is -2.29. The van der Waals surface area contributed by atoms with Crippen LogP contribution >= 0.6 is 23.2 Å². The number of halogens is 2. The Morgan fingerprint density at radius 3 is 2.73 bits per heavy atom. The first kappa shape index (κ1) is 22.4. The summed E-state index contributed by atoms with van der Waals surface area (Å²) in [5, 5.41) is 3.14. The van der Waals surface area contributed by atoms with Crippen molar-refractivity contribution in [3.63, 3.8) is 0 Å². The maximum atomic E-state index is 12.7. The molecule has 0 aromatic heterocycles. The number of amidine groups is 1. The highest BCUT2D eigenvalue weighted by Gasteiger charge is 2.18. The maximum absolute atomic E-state index is 12.7. The molecule has 7 nitrogen and oxygen atoms in total. The van der Waals surface area contributed by atoms with Gasteiger partial charge in [0.25, 0.3) is 15.9 Å². The molecular formula is C20H21Cl2N3O4S. The van der Waals surface area contributed by atoms with Crippen molar-refractivity contribution < 1.29 is 17.9 Å². The van der Waals surface area contributed by atoms with Gasteiger partial charge in [-0.15, -0.1) is 0 Å². The van der Waals surface area contributed by atoms with Gasteiger partial charge < -0.3 is 10.1 Å². The Labute approximate surface area is 185 Å². The minimum absolute atomic E-state index is 0.0334. The first-order valence-electron chi connectivity index (χ1n) is 9.38. The fourth-order valence-electron chi connectivity index (χ4n) is 2.85. The number of nitrogens with zero attached hydrogens (tertiary/aromatic N) is 1. The van der Waals surface area contributed by atoms with Gasteiger partial charge in [0.2, 0.25) is 0 Å². The van der Waals surface area contributed by atoms with Crippen LogP contribution in [0.5, 0.6) is 5.75 Å². The summed E-state index contributed by atoms with van der Waals surface area (Å²) in [5.41, 5.74) is 0.325. The van der Waals surface area contributed by atoms with Crippen molar-refractivity contribution in [2.24, 2.45) is 4.99 Å². The van der Waals surface area contributed by atoms with E-state index in [0.717, 1.165) is 19.3 Å². The van der Waals surface area contributed by atoms with Gasteiger partial charge in [-0.25, -0.2) is 8.42 Å². The van der Waals surface area contributed by atoms with Gasteiger partial charge in [0.1, 0.15) is 16.6 Å². The molecule has 2 aromatic rings. The summed E-state index contributed by atoms with van der Waals surface area (Å²) in [6.07, 6.45) is 3.47. The van der Waals surface area contributed by atoms with Crippen molar-refractivity contribution in [1.82, 2.24) is 4.72 Å². The molecule has 1 aliphatic rings. The second-order valence-corrected chi connectivity index (χ2v) is 9.13. The highest BCUT2D eigenvalue weighted by Crippen LogP contribution is 2.31. The smallest absolute Gasteiger partial charge is 0.262 e. The molecule has 3 rings (SSSR count). The summed E-state index contributed by atoms with van der Waals surface area (Å²) in [6.45, 7) is 0.302. The van der Waals surface area contributed by atoms with Gasteiger partial charge in [-0.2, -0.15) is 0 Å². The van der Waals surface area contributed by atoms with Gasteiger partial charge in [0, 0.05) is 18.7 Å². The van der Waals surface area contributed by atoms with Crippen LogP contribution in [0.25, 0.3) is 0 Å². The molecule has 0 radical (unpaired) electrons. The highest BCUT2D eigenvalue weighted by atomic mass is 35.5. The summed E-state index contributed by atoms with van der Waals surface area (Å²) in [6, 6.07) is 10.8. The fourth-order valence-corrected chi connectivity index (χ4v) is 4.33. The molecule has 0 saturated heterocycles. The minimum Gasteiger partial charge on any atom is -0.482 e. The van der Waals surface area contributed by atoms with Crippen LogP contribution in [0.15, 0.2) is 52.4 Å². The second kappa shape index (κ2) is 10.1. The molecule has 30 heavy (non-hydrogen) atoms. The summed E-state index contributed by atoms with van der Waals surface area (Å²) < 4.78 is 33.3. The summed E-state index contributed by atoms with van der Waals surface area (Å²) in [4.78, 5) is 16.5. The van der Waals surface area contributed by atoms with Gasteiger partial charge in [0.05, 0.1) is 9.92 Å². The minimum atomic E-state index is -3.80. The topological polar surface area (TPSA) is 96.9 Å². The third-order valence-electron chi connectivity index (χ3n) is 4.33. The van der Waals surface area contributed by atoms with E-state index in [9.17, 15) is 13.2 Å². The van der Waals surface area contributed by atoms with E-state index < -0.39 is 15.9 Å². The van der Waals surface area contributed by atoms with E-state index in [-0.39, 0.29) is 22.3 Å². The van der Waals surface area contributed by atoms with Crippen molar-refractivity contribution >= 4 is 50.7 Å². The van der Waals surface area contributed by atoms with Crippen LogP contribution < -0.4 is 14.8 Å². The number of amides is 1. The fraction of sp³-hybridized carbons (Fsp3) is 0.300. The molecule has 160 valence electrons. The lowest BCUT2D eigenvalue weighted by Gasteiger charge is -2.12. The lowest BCUT2D eigenvalue weighted by molar-refractivity contribution is -0.118. The molecule has 10 heteroatoms. The number of carbonyl (C=O) groups is 1. The number of carbonyl (C=O) groups excluding carboxylic acids is 1. The molecule has 2 N–H and O–H groups in total. The molecule has 0 fully saturated rings. The van der Waals surface area contributed by atoms with Crippen LogP contribution in [0.3, 0.4) is 0 Å². The molecule has 0 unspecified atom stereocenters. The quantitative estimate of drug-likeness (QED) is 0.659. The van der Waals surface area contributed by atoms with Crippen LogP contribution in [0.1, 0.15) is 25.7 Å². The average Bonchev–Trinajstić information content (AvgIpc) is 2.97. The van der Waals surface area contributed by atoms with Gasteiger partial charge in [-0.1, -0.05) is 41.8 Å². The lowest BCUT2D eigenvalue weighted by atomic mass is 10.2. The van der Waals surface area contributed by atoms with Crippen molar-refractivity contribution in [3.8, 4) is 5.75 Å². The third kappa shape index (κ3) is 6.10. The van der Waals surface area contributed by atoms with Crippen molar-refractivity contribution in [2.75, 3.05) is 18.5 Å². The Bertz CT molecular complexity index is 1060. The maximum Gasteiger partial charge on any atom is 0.262 e. The van der Waals surface area contributed by atoms with E-state index in [2.05, 4.69) is 15.0 Å². The monoisotopic (exact) mass is 469 g/mol. The number of benzene rings is 2. The SMILES string of the molecule is O=C(COc1cccc(Cl)c1Cl)Nc1cccc(S(=O)(=O)NC2=NCCCCC2)c1. The molecule has 2 aromatic carbocycles. The molecular weight excluding hydrogens is 449 g/mol. The van der Waals surface area contributed by atoms with Crippen molar-refractivity contribution in [1.29, 1.82) is 0 Å². The molecule has 0 spiro atoms. The summed E-state index contributed by atoms with van der Waals surface area (Å²) >= 11 is 11.9. The van der Waals surface area contributed by atoms with E-state index in [1.54, 1.807) is 30.3 Å². The normalized spacial score (nSPS) is 14.4. The zero-order chi connectivity index (χ0) is 21.6. The number of hydrogen-bond donors (Lipinski definition) is 2. The molecule has 0 aliphatic carbocycles. The number of anilines is 1. The van der Waals surface area contributed by atoms with Gasteiger partial charge >= 0.3 is 0 Å². The number of rotatable bonds is 6. The highest BCUT2D eigenvalue weighted by molar-refractivity contribution is 7.90. The number of hydrogen-bond acceptors (Lipinski definition) is 5. The van der Waals surface area contributed by atoms with Crippen molar-refractivity contribution in [2.45, 2.75) is 30.6 Å². The molecule has 0 atom stereocenters. The summed E-state index contributed by atoms with van der Waals surface area (Å²) in [5.74, 6) is 0.277. The first-order valence-corrected chi connectivity index (χ1v) is 11.6. The Morgan fingerprint density at radius 1 is 1.10 bits per heavy atom. The van der Waals surface area contributed by atoms with Gasteiger partial charge in [-0.3, -0.25) is 14.5 Å². The Balaban J connectivity index is 1.63. The molecule has 1 heterocycles. The zero-order valence-electron chi connectivity index (χ0n) is 16.0. The number of nitrogens with one attached hydrogen (secondary N) is 2. The van der Waals surface area contributed by atoms with E-state index in [1.165, 1.54) is 12.1 Å². The van der Waals surface area contributed by atoms with Crippen LogP contribution in [-0.2, 0) is 14.8 Å². The van der Waals surface area contributed by atoms with Crippen LogP contribution in [0.4, 0.5) is 5.69 Å². The summed E-state index contributed by atoms with van der Waals surface area (Å²) in [7, 11) is -3.80.